The van der Waals surface area contributed by atoms with Crippen molar-refractivity contribution in [2.45, 2.75) is 40.2 Å². The van der Waals surface area contributed by atoms with Crippen LogP contribution in [0.3, 0.4) is 0 Å². The van der Waals surface area contributed by atoms with Crippen molar-refractivity contribution in [3.63, 3.8) is 0 Å². The van der Waals surface area contributed by atoms with Crippen LogP contribution >= 0.6 is 23.2 Å². The Balaban J connectivity index is 2.10. The summed E-state index contributed by atoms with van der Waals surface area (Å²) in [5.74, 6) is 0.641. The van der Waals surface area contributed by atoms with Crippen molar-refractivity contribution in [2.24, 2.45) is 5.41 Å². The Morgan fingerprint density at radius 3 is 2.44 bits per heavy atom. The van der Waals surface area contributed by atoms with Gasteiger partial charge in [-0.05, 0) is 35.7 Å². The molecule has 3 rings (SSSR count). The number of fused-ring (bicyclic) bond motifs is 1. The van der Waals surface area contributed by atoms with Gasteiger partial charge in [0.05, 0.1) is 17.6 Å². The number of rotatable bonds is 5. The number of halogens is 3. The lowest BCUT2D eigenvalue weighted by Gasteiger charge is -2.22. The Bertz CT molecular complexity index is 915. The average Bonchev–Trinajstić information content (AvgIpc) is 2.85. The predicted molar refractivity (Wildman–Crippen MR) is 103 cm³/mol. The summed E-state index contributed by atoms with van der Waals surface area (Å²) in [5, 5.41) is 1.05. The summed E-state index contributed by atoms with van der Waals surface area (Å²) in [7, 11) is 0. The van der Waals surface area contributed by atoms with Gasteiger partial charge in [-0.15, -0.1) is 0 Å². The molecule has 0 aliphatic heterocycles. The zero-order valence-corrected chi connectivity index (χ0v) is 16.1. The van der Waals surface area contributed by atoms with Crippen LogP contribution in [0.4, 0.5) is 4.39 Å². The molecule has 0 aliphatic rings. The molecule has 0 atom stereocenters. The standard InChI is InChI=1S/C20H21Cl2FN2/c1-4-20(2,3)11-19-24-17-10-15(22)7-8-18(17)25(19)12-13-5-6-14(21)9-16(13)23/h5-10H,4,11-12H2,1-3H3. The van der Waals surface area contributed by atoms with Crippen molar-refractivity contribution < 1.29 is 4.39 Å². The monoisotopic (exact) mass is 378 g/mol. The van der Waals surface area contributed by atoms with Gasteiger partial charge in [0.1, 0.15) is 11.6 Å². The molecule has 2 nitrogen and oxygen atoms in total. The van der Waals surface area contributed by atoms with Gasteiger partial charge in [-0.1, -0.05) is 56.5 Å². The summed E-state index contributed by atoms with van der Waals surface area (Å²) >= 11 is 12.0. The molecule has 0 spiro atoms. The highest BCUT2D eigenvalue weighted by atomic mass is 35.5. The Labute approximate surface area is 157 Å². The quantitative estimate of drug-likeness (QED) is 0.494. The zero-order chi connectivity index (χ0) is 18.2. The molecule has 0 aliphatic carbocycles. The van der Waals surface area contributed by atoms with Crippen molar-refractivity contribution in [1.82, 2.24) is 9.55 Å². The lowest BCUT2D eigenvalue weighted by atomic mass is 9.86. The Morgan fingerprint density at radius 2 is 1.76 bits per heavy atom. The minimum absolute atomic E-state index is 0.113. The highest BCUT2D eigenvalue weighted by Crippen LogP contribution is 2.29. The van der Waals surface area contributed by atoms with E-state index in [1.165, 1.54) is 6.07 Å². The van der Waals surface area contributed by atoms with E-state index < -0.39 is 0 Å². The molecule has 0 fully saturated rings. The van der Waals surface area contributed by atoms with E-state index in [2.05, 4.69) is 25.3 Å². The third-order valence-corrected chi connectivity index (χ3v) is 5.20. The molecule has 132 valence electrons. The highest BCUT2D eigenvalue weighted by Gasteiger charge is 2.21. The van der Waals surface area contributed by atoms with Crippen molar-refractivity contribution in [3.05, 3.63) is 63.6 Å². The van der Waals surface area contributed by atoms with E-state index in [-0.39, 0.29) is 11.2 Å². The number of imidazole rings is 1. The van der Waals surface area contributed by atoms with E-state index in [1.54, 1.807) is 12.1 Å². The average molecular weight is 379 g/mol. The van der Waals surface area contributed by atoms with Crippen LogP contribution in [0.15, 0.2) is 36.4 Å². The van der Waals surface area contributed by atoms with Crippen molar-refractivity contribution in [1.29, 1.82) is 0 Å². The van der Waals surface area contributed by atoms with Crippen LogP contribution in [0.25, 0.3) is 11.0 Å². The van der Waals surface area contributed by atoms with Crippen LogP contribution in [0.5, 0.6) is 0 Å². The van der Waals surface area contributed by atoms with Crippen molar-refractivity contribution in [2.75, 3.05) is 0 Å². The fourth-order valence-corrected chi connectivity index (χ4v) is 3.16. The first kappa shape index (κ1) is 18.2. The third-order valence-electron chi connectivity index (χ3n) is 4.73. The van der Waals surface area contributed by atoms with E-state index >= 15 is 0 Å². The van der Waals surface area contributed by atoms with Gasteiger partial charge in [-0.2, -0.15) is 0 Å². The van der Waals surface area contributed by atoms with Gasteiger partial charge in [0, 0.05) is 22.0 Å². The van der Waals surface area contributed by atoms with E-state index in [9.17, 15) is 4.39 Å². The smallest absolute Gasteiger partial charge is 0.129 e. The van der Waals surface area contributed by atoms with E-state index in [1.807, 2.05) is 18.2 Å². The summed E-state index contributed by atoms with van der Waals surface area (Å²) in [4.78, 5) is 4.78. The molecule has 0 amide bonds. The molecule has 2 aromatic carbocycles. The van der Waals surface area contributed by atoms with Crippen LogP contribution in [-0.4, -0.2) is 9.55 Å². The van der Waals surface area contributed by atoms with Gasteiger partial charge >= 0.3 is 0 Å². The van der Waals surface area contributed by atoms with Crippen LogP contribution < -0.4 is 0 Å². The van der Waals surface area contributed by atoms with Gasteiger partial charge in [0.25, 0.3) is 0 Å². The molecule has 0 saturated carbocycles. The molecule has 0 radical (unpaired) electrons. The third kappa shape index (κ3) is 3.99. The summed E-state index contributed by atoms with van der Waals surface area (Å²) in [6.07, 6.45) is 1.84. The molecular formula is C20H21Cl2FN2. The first-order chi connectivity index (χ1) is 11.8. The lowest BCUT2D eigenvalue weighted by molar-refractivity contribution is 0.337. The lowest BCUT2D eigenvalue weighted by Crippen LogP contribution is -2.18. The molecule has 25 heavy (non-hydrogen) atoms. The summed E-state index contributed by atoms with van der Waals surface area (Å²) in [6, 6.07) is 10.4. The predicted octanol–water partition coefficient (Wildman–Crippen LogP) is 6.51. The van der Waals surface area contributed by atoms with Crippen LogP contribution in [-0.2, 0) is 13.0 Å². The van der Waals surface area contributed by atoms with E-state index in [4.69, 9.17) is 28.2 Å². The van der Waals surface area contributed by atoms with Crippen molar-refractivity contribution in [3.8, 4) is 0 Å². The number of nitrogens with zero attached hydrogens (tertiary/aromatic N) is 2. The second-order valence-electron chi connectivity index (χ2n) is 7.18. The number of hydrogen-bond acceptors (Lipinski definition) is 1. The maximum Gasteiger partial charge on any atom is 0.129 e. The number of hydrogen-bond donors (Lipinski definition) is 0. The molecule has 1 aromatic heterocycles. The van der Waals surface area contributed by atoms with Gasteiger partial charge in [-0.25, -0.2) is 9.37 Å². The number of aromatic nitrogens is 2. The molecular weight excluding hydrogens is 358 g/mol. The molecule has 0 N–H and O–H groups in total. The molecule has 5 heteroatoms. The second-order valence-corrected chi connectivity index (χ2v) is 8.05. The molecule has 0 unspecified atom stereocenters. The van der Waals surface area contributed by atoms with Gasteiger partial charge in [0.2, 0.25) is 0 Å². The zero-order valence-electron chi connectivity index (χ0n) is 14.6. The molecule has 3 aromatic rings. The molecule has 1 heterocycles. The van der Waals surface area contributed by atoms with E-state index in [0.29, 0.717) is 22.2 Å². The van der Waals surface area contributed by atoms with Gasteiger partial charge in [0.15, 0.2) is 0 Å². The van der Waals surface area contributed by atoms with Crippen LogP contribution in [0.1, 0.15) is 38.6 Å². The molecule has 0 bridgehead atoms. The van der Waals surface area contributed by atoms with Crippen molar-refractivity contribution >= 4 is 34.2 Å². The fourth-order valence-electron chi connectivity index (χ4n) is 2.84. The maximum atomic E-state index is 14.3. The first-order valence-electron chi connectivity index (χ1n) is 8.37. The summed E-state index contributed by atoms with van der Waals surface area (Å²) in [5.41, 5.74) is 2.50. The molecule has 0 saturated heterocycles. The summed E-state index contributed by atoms with van der Waals surface area (Å²) < 4.78 is 16.4. The largest absolute Gasteiger partial charge is 0.323 e. The maximum absolute atomic E-state index is 14.3. The highest BCUT2D eigenvalue weighted by molar-refractivity contribution is 6.31. The normalized spacial score (nSPS) is 12.1. The van der Waals surface area contributed by atoms with Gasteiger partial charge < -0.3 is 4.57 Å². The minimum Gasteiger partial charge on any atom is -0.323 e. The Hall–Kier alpha value is -1.58. The SMILES string of the molecule is CCC(C)(C)Cc1nc2cc(Cl)ccc2n1Cc1ccc(Cl)cc1F. The Kier molecular flexibility index (Phi) is 5.08. The summed E-state index contributed by atoms with van der Waals surface area (Å²) in [6.45, 7) is 7.01. The second kappa shape index (κ2) is 6.97. The number of benzene rings is 2. The fraction of sp³-hybridized carbons (Fsp3) is 0.350. The van der Waals surface area contributed by atoms with Crippen LogP contribution in [0, 0.1) is 11.2 Å². The topological polar surface area (TPSA) is 17.8 Å². The van der Waals surface area contributed by atoms with Crippen LogP contribution in [0.2, 0.25) is 10.0 Å². The minimum atomic E-state index is -0.302. The first-order valence-corrected chi connectivity index (χ1v) is 9.13. The van der Waals surface area contributed by atoms with Gasteiger partial charge in [-0.3, -0.25) is 0 Å². The van der Waals surface area contributed by atoms with E-state index in [0.717, 1.165) is 29.7 Å². The Morgan fingerprint density at radius 1 is 1.08 bits per heavy atom.